The summed E-state index contributed by atoms with van der Waals surface area (Å²) >= 11 is 0. The fraction of sp³-hybridized carbons (Fsp3) is 0.278. The number of amides is 2. The third kappa shape index (κ3) is 3.53. The molecule has 1 atom stereocenters. The Balaban J connectivity index is 1.62. The van der Waals surface area contributed by atoms with Crippen LogP contribution in [0.5, 0.6) is 0 Å². The topological polar surface area (TPSA) is 79.6 Å². The third-order valence-corrected chi connectivity index (χ3v) is 4.05. The normalized spacial score (nSPS) is 17.1. The van der Waals surface area contributed by atoms with E-state index in [1.807, 2.05) is 0 Å². The van der Waals surface area contributed by atoms with E-state index in [9.17, 15) is 14.4 Å². The van der Waals surface area contributed by atoms with Crippen molar-refractivity contribution in [1.82, 2.24) is 4.90 Å². The number of hydrogen-bond acceptors (Lipinski definition) is 4. The zero-order chi connectivity index (χ0) is 17.1. The monoisotopic (exact) mass is 326 g/mol. The van der Waals surface area contributed by atoms with Gasteiger partial charge >= 0.3 is 0 Å². The summed E-state index contributed by atoms with van der Waals surface area (Å²) in [7, 11) is 0. The molecule has 24 heavy (non-hydrogen) atoms. The number of rotatable bonds is 5. The first kappa shape index (κ1) is 16.0. The van der Waals surface area contributed by atoms with Gasteiger partial charge in [0, 0.05) is 24.2 Å². The minimum atomic E-state index is -0.409. The van der Waals surface area contributed by atoms with E-state index in [1.165, 1.54) is 6.92 Å². The van der Waals surface area contributed by atoms with Gasteiger partial charge in [-0.1, -0.05) is 12.1 Å². The quantitative estimate of drug-likeness (QED) is 0.856. The molecule has 1 aromatic carbocycles. The third-order valence-electron chi connectivity index (χ3n) is 4.05. The van der Waals surface area contributed by atoms with Crippen LogP contribution in [0.15, 0.2) is 47.1 Å². The van der Waals surface area contributed by atoms with Crippen LogP contribution in [0.1, 0.15) is 29.5 Å². The molecule has 124 valence electrons. The predicted molar refractivity (Wildman–Crippen MR) is 87.3 cm³/mol. The molecule has 1 unspecified atom stereocenters. The van der Waals surface area contributed by atoms with Crippen LogP contribution in [-0.4, -0.2) is 29.0 Å². The first-order chi connectivity index (χ1) is 11.5. The van der Waals surface area contributed by atoms with Gasteiger partial charge in [-0.25, -0.2) is 0 Å². The summed E-state index contributed by atoms with van der Waals surface area (Å²) in [6, 6.07) is 10.3. The van der Waals surface area contributed by atoms with Gasteiger partial charge in [0.25, 0.3) is 0 Å². The Morgan fingerprint density at radius 1 is 1.29 bits per heavy atom. The number of benzene rings is 1. The predicted octanol–water partition coefficient (Wildman–Crippen LogP) is 2.47. The maximum absolute atomic E-state index is 12.4. The smallest absolute Gasteiger partial charge is 0.229 e. The summed E-state index contributed by atoms with van der Waals surface area (Å²) in [5.41, 5.74) is 1.10. The van der Waals surface area contributed by atoms with Crippen LogP contribution in [0, 0.1) is 5.92 Å². The Bertz CT molecular complexity index is 767. The van der Waals surface area contributed by atoms with Crippen molar-refractivity contribution in [1.29, 1.82) is 0 Å². The van der Waals surface area contributed by atoms with Gasteiger partial charge in [0.1, 0.15) is 5.76 Å². The van der Waals surface area contributed by atoms with Crippen LogP contribution in [0.2, 0.25) is 0 Å². The maximum Gasteiger partial charge on any atom is 0.229 e. The molecule has 2 amide bonds. The molecule has 0 aliphatic carbocycles. The molecule has 3 rings (SSSR count). The Morgan fingerprint density at radius 2 is 2.12 bits per heavy atom. The van der Waals surface area contributed by atoms with Gasteiger partial charge in [-0.2, -0.15) is 0 Å². The van der Waals surface area contributed by atoms with E-state index in [1.54, 1.807) is 47.6 Å². The summed E-state index contributed by atoms with van der Waals surface area (Å²) in [6.45, 7) is 2.20. The first-order valence-corrected chi connectivity index (χ1v) is 7.75. The molecule has 2 aromatic rings. The molecule has 1 saturated heterocycles. The van der Waals surface area contributed by atoms with Gasteiger partial charge in [-0.15, -0.1) is 0 Å². The van der Waals surface area contributed by atoms with Gasteiger partial charge in [0.05, 0.1) is 18.7 Å². The summed E-state index contributed by atoms with van der Waals surface area (Å²) in [5, 5.41) is 2.79. The molecule has 1 aliphatic heterocycles. The Morgan fingerprint density at radius 3 is 2.83 bits per heavy atom. The van der Waals surface area contributed by atoms with Crippen LogP contribution in [0.3, 0.4) is 0 Å². The largest absolute Gasteiger partial charge is 0.467 e. The molecule has 0 radical (unpaired) electrons. The van der Waals surface area contributed by atoms with Crippen molar-refractivity contribution < 1.29 is 18.8 Å². The van der Waals surface area contributed by atoms with Gasteiger partial charge in [0.2, 0.25) is 11.8 Å². The number of nitrogens with zero attached hydrogens (tertiary/aromatic N) is 1. The van der Waals surface area contributed by atoms with Crippen molar-refractivity contribution in [3.05, 3.63) is 54.0 Å². The van der Waals surface area contributed by atoms with Gasteiger partial charge in [-0.05, 0) is 31.2 Å². The summed E-state index contributed by atoms with van der Waals surface area (Å²) < 4.78 is 5.24. The van der Waals surface area contributed by atoms with E-state index >= 15 is 0 Å². The SMILES string of the molecule is CC(=O)c1cccc(NC(=O)C2CC(=O)N(Cc3ccco3)C2)c1. The average Bonchev–Trinajstić information content (AvgIpc) is 3.18. The van der Waals surface area contributed by atoms with Crippen molar-refractivity contribution >= 4 is 23.3 Å². The minimum Gasteiger partial charge on any atom is -0.467 e. The van der Waals surface area contributed by atoms with Crippen LogP contribution in [0.4, 0.5) is 5.69 Å². The van der Waals surface area contributed by atoms with Crippen molar-refractivity contribution in [3.8, 4) is 0 Å². The molecular weight excluding hydrogens is 308 g/mol. The zero-order valence-electron chi connectivity index (χ0n) is 13.3. The molecule has 1 N–H and O–H groups in total. The molecule has 1 aromatic heterocycles. The maximum atomic E-state index is 12.4. The second-order valence-corrected chi connectivity index (χ2v) is 5.88. The number of anilines is 1. The highest BCUT2D eigenvalue weighted by molar-refractivity contribution is 5.99. The van der Waals surface area contributed by atoms with E-state index in [4.69, 9.17) is 4.42 Å². The van der Waals surface area contributed by atoms with Crippen LogP contribution >= 0.6 is 0 Å². The zero-order valence-corrected chi connectivity index (χ0v) is 13.3. The fourth-order valence-corrected chi connectivity index (χ4v) is 2.75. The molecule has 0 bridgehead atoms. The van der Waals surface area contributed by atoms with E-state index < -0.39 is 5.92 Å². The number of nitrogens with one attached hydrogen (secondary N) is 1. The number of furan rings is 1. The number of carbonyl (C=O) groups excluding carboxylic acids is 3. The number of likely N-dealkylation sites (tertiary alicyclic amines) is 1. The van der Waals surface area contributed by atoms with Crippen LogP contribution < -0.4 is 5.32 Å². The van der Waals surface area contributed by atoms with Gasteiger partial charge in [0.15, 0.2) is 5.78 Å². The summed E-state index contributed by atoms with van der Waals surface area (Å²) in [4.78, 5) is 37.5. The lowest BCUT2D eigenvalue weighted by molar-refractivity contribution is -0.128. The van der Waals surface area contributed by atoms with Crippen LogP contribution in [0.25, 0.3) is 0 Å². The fourth-order valence-electron chi connectivity index (χ4n) is 2.75. The highest BCUT2D eigenvalue weighted by Gasteiger charge is 2.34. The van der Waals surface area contributed by atoms with Crippen molar-refractivity contribution in [3.63, 3.8) is 0 Å². The Labute approximate surface area is 139 Å². The molecule has 0 saturated carbocycles. The van der Waals surface area contributed by atoms with Gasteiger partial charge in [-0.3, -0.25) is 14.4 Å². The molecule has 2 heterocycles. The van der Waals surface area contributed by atoms with E-state index in [0.717, 1.165) is 0 Å². The molecule has 6 nitrogen and oxygen atoms in total. The second kappa shape index (κ2) is 6.70. The second-order valence-electron chi connectivity index (χ2n) is 5.88. The molecule has 1 fully saturated rings. The lowest BCUT2D eigenvalue weighted by Gasteiger charge is -2.15. The highest BCUT2D eigenvalue weighted by atomic mass is 16.3. The highest BCUT2D eigenvalue weighted by Crippen LogP contribution is 2.22. The van der Waals surface area contributed by atoms with Crippen molar-refractivity contribution in [2.45, 2.75) is 19.9 Å². The minimum absolute atomic E-state index is 0.0632. The van der Waals surface area contributed by atoms with E-state index in [0.29, 0.717) is 30.1 Å². The Kier molecular flexibility index (Phi) is 4.46. The van der Waals surface area contributed by atoms with Crippen molar-refractivity contribution in [2.24, 2.45) is 5.92 Å². The number of carbonyl (C=O) groups is 3. The summed E-state index contributed by atoms with van der Waals surface area (Å²) in [6.07, 6.45) is 1.74. The number of hydrogen-bond donors (Lipinski definition) is 1. The molecule has 1 aliphatic rings. The van der Waals surface area contributed by atoms with E-state index in [2.05, 4.69) is 5.32 Å². The summed E-state index contributed by atoms with van der Waals surface area (Å²) in [5.74, 6) is -0.0613. The van der Waals surface area contributed by atoms with E-state index in [-0.39, 0.29) is 24.0 Å². The van der Waals surface area contributed by atoms with Crippen LogP contribution in [-0.2, 0) is 16.1 Å². The van der Waals surface area contributed by atoms with Gasteiger partial charge < -0.3 is 14.6 Å². The Hall–Kier alpha value is -2.89. The average molecular weight is 326 g/mol. The van der Waals surface area contributed by atoms with Crippen molar-refractivity contribution in [2.75, 3.05) is 11.9 Å². The number of Topliss-reactive ketones (excluding diaryl/α,β-unsaturated/α-hetero) is 1. The molecular formula is C18H18N2O4. The molecule has 0 spiro atoms. The lowest BCUT2D eigenvalue weighted by atomic mass is 10.1. The lowest BCUT2D eigenvalue weighted by Crippen LogP contribution is -2.27. The standard InChI is InChI=1S/C18H18N2O4/c1-12(21)13-4-2-5-15(8-13)19-18(23)14-9-17(22)20(10-14)11-16-6-3-7-24-16/h2-8,14H,9-11H2,1H3,(H,19,23). The first-order valence-electron chi connectivity index (χ1n) is 7.75. The number of ketones is 1. The molecule has 6 heteroatoms.